The van der Waals surface area contributed by atoms with Crippen molar-refractivity contribution in [2.24, 2.45) is 0 Å². The number of thioether (sulfide) groups is 2. The Labute approximate surface area is 471 Å². The lowest BCUT2D eigenvalue weighted by atomic mass is 9.86. The quantitative estimate of drug-likeness (QED) is 0.0719. The molecule has 2 aliphatic rings. The van der Waals surface area contributed by atoms with E-state index in [2.05, 4.69) is 4.98 Å². The largest absolute Gasteiger partial charge is 0.466 e. The van der Waals surface area contributed by atoms with Crippen molar-refractivity contribution in [3.63, 3.8) is 0 Å². The summed E-state index contributed by atoms with van der Waals surface area (Å²) in [6, 6.07) is 9.89. The van der Waals surface area contributed by atoms with E-state index in [0.29, 0.717) is 87.5 Å². The second kappa shape index (κ2) is 24.8. The molecule has 10 nitrogen and oxygen atoms in total. The van der Waals surface area contributed by atoms with Gasteiger partial charge in [-0.05, 0) is 142 Å². The van der Waals surface area contributed by atoms with Crippen LogP contribution in [0.1, 0.15) is 143 Å². The zero-order chi connectivity index (χ0) is 56.3. The standard InChI is InChI=1S/C29H33ClF3N3O3S3.C24H30ClF3N2O2S2/c1-6-39-24(38)14-21-16(2)40-22(34-21)15-23(37)36-9-7-17(8-10-36)27-35-25(26(30)41-27)18-11-19(28(3,4)5)13-20(12-18)42-29(31,32)33;1-22(2,3)16-11-15(12-17(13-16)34-24(26,27)28)18-19(25)33-20(29-18)14-7-9-30(10-8-14)21(31)32-23(4,5)6/h11-13,17H,6-10,14-15H2,1-5H3;11-14H,7-10H2,1-6H3. The Bertz CT molecular complexity index is 2850. The maximum absolute atomic E-state index is 13.2. The predicted octanol–water partition coefficient (Wildman–Crippen LogP) is 16.7. The monoisotopic (exact) mass is 1190 g/mol. The van der Waals surface area contributed by atoms with Crippen LogP contribution in [0.3, 0.4) is 0 Å². The van der Waals surface area contributed by atoms with Crippen LogP contribution >= 0.6 is 80.7 Å². The minimum absolute atomic E-state index is 0.0172. The van der Waals surface area contributed by atoms with Gasteiger partial charge in [-0.3, -0.25) is 9.59 Å². The van der Waals surface area contributed by atoms with E-state index in [-0.39, 0.29) is 86.8 Å². The third-order valence-corrected chi connectivity index (χ3v) is 17.6. The zero-order valence-electron chi connectivity index (χ0n) is 44.2. The molecule has 0 unspecified atom stereocenters. The summed E-state index contributed by atoms with van der Waals surface area (Å²) < 4.78 is 90.3. The molecule has 2 fully saturated rings. The molecular weight excluding hydrogens is 1130 g/mol. The van der Waals surface area contributed by atoms with E-state index >= 15 is 0 Å². The molecule has 3 aromatic heterocycles. The van der Waals surface area contributed by atoms with Crippen molar-refractivity contribution < 1.29 is 50.2 Å². The van der Waals surface area contributed by atoms with Gasteiger partial charge in [0, 0.05) is 63.8 Å². The summed E-state index contributed by atoms with van der Waals surface area (Å²) >= 11 is 17.0. The summed E-state index contributed by atoms with van der Waals surface area (Å²) in [7, 11) is 0. The SMILES string of the molecule is CC(C)(C)OC(=O)N1CCC(c2nc(-c3cc(SC(F)(F)F)cc(C(C)(C)C)c3)c(Cl)s2)CC1.CCOC(=O)Cc1nc(CC(=O)N2CCC(c3nc(-c4cc(SC(F)(F)F)cc(C(C)(C)C)c4)c(Cl)s3)CC2)sc1C. The molecule has 0 bridgehead atoms. The van der Waals surface area contributed by atoms with Gasteiger partial charge in [0.15, 0.2) is 0 Å². The molecule has 5 aromatic rings. The number of amides is 2. The number of aromatic nitrogens is 3. The molecule has 5 heterocycles. The number of piperidine rings is 2. The van der Waals surface area contributed by atoms with Gasteiger partial charge in [-0.25, -0.2) is 19.7 Å². The minimum Gasteiger partial charge on any atom is -0.466 e. The maximum Gasteiger partial charge on any atom is 0.446 e. The number of esters is 1. The number of carbonyl (C=O) groups excluding carboxylic acids is 3. The summed E-state index contributed by atoms with van der Waals surface area (Å²) in [6.07, 6.45) is 2.80. The predicted molar refractivity (Wildman–Crippen MR) is 296 cm³/mol. The van der Waals surface area contributed by atoms with Crippen molar-refractivity contribution in [1.29, 1.82) is 0 Å². The number of rotatable bonds is 11. The number of thiazole rings is 3. The van der Waals surface area contributed by atoms with Crippen molar-refractivity contribution in [2.75, 3.05) is 32.8 Å². The number of alkyl halides is 6. The average molecular weight is 1200 g/mol. The van der Waals surface area contributed by atoms with Crippen LogP contribution < -0.4 is 0 Å². The van der Waals surface area contributed by atoms with Gasteiger partial charge in [0.05, 0.1) is 35.2 Å². The fraction of sp³-hybridized carbons (Fsp3) is 0.547. The van der Waals surface area contributed by atoms with Gasteiger partial charge < -0.3 is 19.3 Å². The number of nitrogens with zero attached hydrogens (tertiary/aromatic N) is 5. The topological polar surface area (TPSA) is 115 Å². The second-order valence-electron chi connectivity index (χ2n) is 21.6. The third kappa shape index (κ3) is 17.7. The van der Waals surface area contributed by atoms with E-state index in [1.807, 2.05) is 86.3 Å². The normalized spacial score (nSPS) is 15.4. The van der Waals surface area contributed by atoms with E-state index in [0.717, 1.165) is 38.9 Å². The molecule has 2 amide bonds. The Balaban J connectivity index is 0.000000252. The number of hydrogen-bond acceptors (Lipinski definition) is 13. The summed E-state index contributed by atoms with van der Waals surface area (Å²) in [5.74, 6) is -0.126. The minimum atomic E-state index is -4.40. The summed E-state index contributed by atoms with van der Waals surface area (Å²) in [6.45, 7) is 23.4. The molecule has 0 aliphatic carbocycles. The highest BCUT2D eigenvalue weighted by atomic mass is 35.5. The first kappa shape index (κ1) is 61.6. The highest BCUT2D eigenvalue weighted by Gasteiger charge is 2.34. The van der Waals surface area contributed by atoms with Crippen LogP contribution in [0.25, 0.3) is 22.5 Å². The van der Waals surface area contributed by atoms with Crippen LogP contribution in [0, 0.1) is 6.92 Å². The van der Waals surface area contributed by atoms with Gasteiger partial charge in [-0.15, -0.1) is 34.0 Å². The smallest absolute Gasteiger partial charge is 0.446 e. The number of ether oxygens (including phenoxy) is 2. The molecular formula is C53H63Cl2F6N5O5S5. The zero-order valence-corrected chi connectivity index (χ0v) is 49.8. The first-order chi connectivity index (χ1) is 35.1. The second-order valence-corrected chi connectivity index (χ2v) is 28.4. The van der Waals surface area contributed by atoms with Crippen LogP contribution in [0.5, 0.6) is 0 Å². The molecule has 0 spiro atoms. The first-order valence-corrected chi connectivity index (χ1v) is 29.5. The molecule has 7 rings (SSSR count). The van der Waals surface area contributed by atoms with Crippen LogP contribution in [-0.4, -0.2) is 92.1 Å². The van der Waals surface area contributed by atoms with E-state index < -0.39 is 16.6 Å². The summed E-state index contributed by atoms with van der Waals surface area (Å²) in [5, 5.41) is 2.35. The molecule has 416 valence electrons. The highest BCUT2D eigenvalue weighted by Crippen LogP contribution is 2.46. The van der Waals surface area contributed by atoms with Gasteiger partial charge in [0.25, 0.3) is 0 Å². The molecule has 0 radical (unpaired) electrons. The van der Waals surface area contributed by atoms with Crippen LogP contribution in [-0.2, 0) is 42.7 Å². The van der Waals surface area contributed by atoms with Gasteiger partial charge in [-0.1, -0.05) is 64.7 Å². The lowest BCUT2D eigenvalue weighted by Crippen LogP contribution is -2.41. The Hall–Kier alpha value is -3.60. The lowest BCUT2D eigenvalue weighted by molar-refractivity contribution is -0.142. The van der Waals surface area contributed by atoms with E-state index in [4.69, 9.17) is 42.6 Å². The van der Waals surface area contributed by atoms with Crippen molar-refractivity contribution in [1.82, 2.24) is 24.8 Å². The molecule has 23 heteroatoms. The van der Waals surface area contributed by atoms with Crippen LogP contribution in [0.15, 0.2) is 46.2 Å². The Morgan fingerprint density at radius 3 is 1.47 bits per heavy atom. The molecule has 0 N–H and O–H groups in total. The fourth-order valence-corrected chi connectivity index (χ4v) is 13.4. The van der Waals surface area contributed by atoms with Gasteiger partial charge >= 0.3 is 23.1 Å². The lowest BCUT2D eigenvalue weighted by Gasteiger charge is -2.32. The van der Waals surface area contributed by atoms with Gasteiger partial charge in [0.2, 0.25) is 5.91 Å². The first-order valence-electron chi connectivity index (χ1n) is 24.7. The molecule has 2 aromatic carbocycles. The van der Waals surface area contributed by atoms with Crippen LogP contribution in [0.4, 0.5) is 31.1 Å². The fourth-order valence-electron chi connectivity index (χ4n) is 8.39. The molecule has 76 heavy (non-hydrogen) atoms. The third-order valence-electron chi connectivity index (χ3n) is 12.3. The molecule has 0 saturated carbocycles. The van der Waals surface area contributed by atoms with Crippen molar-refractivity contribution in [2.45, 2.75) is 164 Å². The van der Waals surface area contributed by atoms with E-state index in [1.54, 1.807) is 24.0 Å². The average Bonchev–Trinajstić information content (AvgIpc) is 3.99. The summed E-state index contributed by atoms with van der Waals surface area (Å²) in [4.78, 5) is 55.9. The van der Waals surface area contributed by atoms with Gasteiger partial charge in [-0.2, -0.15) is 26.3 Å². The number of carbonyl (C=O) groups is 3. The van der Waals surface area contributed by atoms with Gasteiger partial charge in [0.1, 0.15) is 30.7 Å². The number of likely N-dealkylation sites (tertiary alicyclic amines) is 2. The van der Waals surface area contributed by atoms with Crippen LogP contribution in [0.2, 0.25) is 8.67 Å². The molecule has 2 saturated heterocycles. The summed E-state index contributed by atoms with van der Waals surface area (Å²) in [5.41, 5.74) is -5.68. The number of hydrogen-bond donors (Lipinski definition) is 0. The number of aryl methyl sites for hydroxylation is 1. The van der Waals surface area contributed by atoms with Crippen molar-refractivity contribution >= 4 is 98.7 Å². The van der Waals surface area contributed by atoms with E-state index in [1.165, 1.54) is 46.1 Å². The highest BCUT2D eigenvalue weighted by molar-refractivity contribution is 8.00. The Morgan fingerprint density at radius 1 is 0.645 bits per heavy atom. The van der Waals surface area contributed by atoms with E-state index in [9.17, 15) is 40.7 Å². The number of halogens is 8. The molecule has 0 atom stereocenters. The Kier molecular flexibility index (Phi) is 20.1. The molecule has 2 aliphatic heterocycles. The van der Waals surface area contributed by atoms with Crippen molar-refractivity contribution in [3.05, 3.63) is 81.8 Å². The van der Waals surface area contributed by atoms with Crippen molar-refractivity contribution in [3.8, 4) is 22.5 Å². The maximum atomic E-state index is 13.2. The number of benzene rings is 2. The Morgan fingerprint density at radius 2 is 1.08 bits per heavy atom.